The standard InChI is InChI=1S/C24H41BN6O7/c1-15(2)21(30-18(33)8-4-3-5-12-31-19(34)9-10-20(31)35)23(37)29-17(7-6-11-27-24(26)38)22(36)28-16(13-25)14-32/h9-10,15-17,21,32H,3-8,11-14,25H2,1-2H3,(H,28,36)(H,29,37)(H,30,33)(H3,26,27,38)/t16-,17+,21?/m1/s1. The summed E-state index contributed by atoms with van der Waals surface area (Å²) in [5, 5.41) is 20.0. The highest BCUT2D eigenvalue weighted by Gasteiger charge is 2.29. The summed E-state index contributed by atoms with van der Waals surface area (Å²) in [6.07, 6.45) is 5.38. The van der Waals surface area contributed by atoms with Crippen molar-refractivity contribution >= 4 is 43.4 Å². The van der Waals surface area contributed by atoms with Crippen LogP contribution in [-0.4, -0.2) is 91.2 Å². The molecule has 0 fully saturated rings. The van der Waals surface area contributed by atoms with Gasteiger partial charge in [-0.05, 0) is 31.6 Å². The molecule has 0 bridgehead atoms. The fourth-order valence-electron chi connectivity index (χ4n) is 3.79. The van der Waals surface area contributed by atoms with Crippen LogP contribution in [0.3, 0.4) is 0 Å². The number of urea groups is 1. The van der Waals surface area contributed by atoms with Gasteiger partial charge in [-0.15, -0.1) is 0 Å². The van der Waals surface area contributed by atoms with Gasteiger partial charge in [0, 0.05) is 37.7 Å². The van der Waals surface area contributed by atoms with E-state index in [1.807, 2.05) is 0 Å². The van der Waals surface area contributed by atoms with Gasteiger partial charge in [0.15, 0.2) is 0 Å². The molecule has 7 amide bonds. The molecule has 0 saturated heterocycles. The zero-order valence-electron chi connectivity index (χ0n) is 22.5. The van der Waals surface area contributed by atoms with Gasteiger partial charge in [0.05, 0.1) is 6.61 Å². The Bertz CT molecular complexity index is 860. The predicted octanol–water partition coefficient (Wildman–Crippen LogP) is -1.93. The molecule has 212 valence electrons. The summed E-state index contributed by atoms with van der Waals surface area (Å²) in [6.45, 7) is 3.79. The van der Waals surface area contributed by atoms with Crippen LogP contribution in [0.2, 0.25) is 6.32 Å². The SMILES string of the molecule is BC[C@H](CO)NC(=O)[C@H](CCCNC(N)=O)NC(=O)C(NC(=O)CCCCCN1C(=O)C=CC1=O)C(C)C. The molecule has 1 unspecified atom stereocenters. The first-order valence-corrected chi connectivity index (χ1v) is 13.1. The molecule has 0 aromatic heterocycles. The third-order valence-electron chi connectivity index (χ3n) is 6.11. The van der Waals surface area contributed by atoms with Gasteiger partial charge in [-0.1, -0.05) is 26.6 Å². The quantitative estimate of drug-likeness (QED) is 0.0666. The highest BCUT2D eigenvalue weighted by atomic mass is 16.3. The Kier molecular flexibility index (Phi) is 14.7. The van der Waals surface area contributed by atoms with E-state index in [0.717, 1.165) is 4.90 Å². The Balaban J connectivity index is 2.63. The minimum absolute atomic E-state index is 0.161. The van der Waals surface area contributed by atoms with E-state index in [9.17, 15) is 33.9 Å². The summed E-state index contributed by atoms with van der Waals surface area (Å²) >= 11 is 0. The summed E-state index contributed by atoms with van der Waals surface area (Å²) in [7, 11) is 1.80. The zero-order chi connectivity index (χ0) is 28.7. The second-order valence-electron chi connectivity index (χ2n) is 9.55. The molecule has 0 saturated carbocycles. The molecule has 1 rings (SSSR count). The number of hydrogen-bond acceptors (Lipinski definition) is 7. The van der Waals surface area contributed by atoms with E-state index in [0.29, 0.717) is 32.0 Å². The number of nitrogens with zero attached hydrogens (tertiary/aromatic N) is 1. The summed E-state index contributed by atoms with van der Waals surface area (Å²) in [4.78, 5) is 73.6. The number of carbonyl (C=O) groups is 6. The first-order valence-electron chi connectivity index (χ1n) is 13.1. The molecule has 0 aromatic carbocycles. The van der Waals surface area contributed by atoms with Crippen LogP contribution in [-0.2, 0) is 24.0 Å². The fraction of sp³-hybridized carbons (Fsp3) is 0.667. The Labute approximate surface area is 224 Å². The lowest BCUT2D eigenvalue weighted by atomic mass is 9.97. The topological polar surface area (TPSA) is 200 Å². The maximum atomic E-state index is 13.1. The number of imide groups is 1. The number of amides is 7. The van der Waals surface area contributed by atoms with Crippen molar-refractivity contribution in [1.29, 1.82) is 0 Å². The molecular weight excluding hydrogens is 495 g/mol. The van der Waals surface area contributed by atoms with Gasteiger partial charge < -0.3 is 32.1 Å². The lowest BCUT2D eigenvalue weighted by Crippen LogP contribution is -2.56. The van der Waals surface area contributed by atoms with Crippen molar-refractivity contribution < 1.29 is 33.9 Å². The maximum Gasteiger partial charge on any atom is 0.312 e. The number of carbonyl (C=O) groups excluding carboxylic acids is 6. The molecular formula is C24H41BN6O7. The minimum atomic E-state index is -0.943. The number of unbranched alkanes of at least 4 members (excludes halogenated alkanes) is 2. The van der Waals surface area contributed by atoms with Crippen LogP contribution in [0, 0.1) is 5.92 Å². The van der Waals surface area contributed by atoms with Gasteiger partial charge in [0.25, 0.3) is 11.8 Å². The second kappa shape index (κ2) is 17.2. The molecule has 0 radical (unpaired) electrons. The smallest absolute Gasteiger partial charge is 0.312 e. The van der Waals surface area contributed by atoms with Crippen LogP contribution in [0.15, 0.2) is 12.2 Å². The van der Waals surface area contributed by atoms with Gasteiger partial charge >= 0.3 is 6.03 Å². The number of hydrogen-bond donors (Lipinski definition) is 6. The van der Waals surface area contributed by atoms with Crippen molar-refractivity contribution in [2.24, 2.45) is 11.7 Å². The van der Waals surface area contributed by atoms with Crippen LogP contribution in [0.25, 0.3) is 0 Å². The van der Waals surface area contributed by atoms with Gasteiger partial charge in [0.1, 0.15) is 19.9 Å². The van der Waals surface area contributed by atoms with Gasteiger partial charge in [-0.3, -0.25) is 28.9 Å². The number of primary amides is 1. The Morgan fingerprint density at radius 1 is 0.974 bits per heavy atom. The Morgan fingerprint density at radius 2 is 1.63 bits per heavy atom. The van der Waals surface area contributed by atoms with Crippen molar-refractivity contribution in [2.45, 2.75) is 76.8 Å². The molecule has 14 heteroatoms. The second-order valence-corrected chi connectivity index (χ2v) is 9.55. The van der Waals surface area contributed by atoms with E-state index >= 15 is 0 Å². The zero-order valence-corrected chi connectivity index (χ0v) is 22.5. The largest absolute Gasteiger partial charge is 0.394 e. The number of rotatable bonds is 18. The minimum Gasteiger partial charge on any atom is -0.394 e. The molecule has 3 atom stereocenters. The molecule has 13 nitrogen and oxygen atoms in total. The van der Waals surface area contributed by atoms with Crippen molar-refractivity contribution in [3.05, 3.63) is 12.2 Å². The van der Waals surface area contributed by atoms with Gasteiger partial charge in [0.2, 0.25) is 17.7 Å². The molecule has 0 spiro atoms. The molecule has 38 heavy (non-hydrogen) atoms. The van der Waals surface area contributed by atoms with E-state index in [4.69, 9.17) is 5.73 Å². The van der Waals surface area contributed by atoms with E-state index in [1.165, 1.54) is 12.2 Å². The number of nitrogens with two attached hydrogens (primary N) is 1. The highest BCUT2D eigenvalue weighted by molar-refractivity contribution is 6.12. The maximum absolute atomic E-state index is 13.1. The first-order chi connectivity index (χ1) is 18.0. The van der Waals surface area contributed by atoms with Crippen LogP contribution in [0.1, 0.15) is 52.4 Å². The van der Waals surface area contributed by atoms with E-state index in [1.54, 1.807) is 21.7 Å². The van der Waals surface area contributed by atoms with Gasteiger partial charge in [-0.25, -0.2) is 4.79 Å². The van der Waals surface area contributed by atoms with E-state index < -0.39 is 36.0 Å². The summed E-state index contributed by atoms with van der Waals surface area (Å²) in [6, 6.07) is -2.99. The Hall–Kier alpha value is -3.42. The van der Waals surface area contributed by atoms with Crippen molar-refractivity contribution in [2.75, 3.05) is 19.7 Å². The third kappa shape index (κ3) is 11.8. The van der Waals surface area contributed by atoms with Crippen molar-refractivity contribution in [3.8, 4) is 0 Å². The van der Waals surface area contributed by atoms with Crippen LogP contribution in [0.5, 0.6) is 0 Å². The molecule has 1 aliphatic rings. The fourth-order valence-corrected chi connectivity index (χ4v) is 3.79. The molecule has 1 heterocycles. The van der Waals surface area contributed by atoms with Crippen LogP contribution < -0.4 is 27.0 Å². The van der Waals surface area contributed by atoms with Crippen LogP contribution in [0.4, 0.5) is 4.79 Å². The number of aliphatic hydroxyl groups is 1. The monoisotopic (exact) mass is 536 g/mol. The highest BCUT2D eigenvalue weighted by Crippen LogP contribution is 2.09. The van der Waals surface area contributed by atoms with Crippen LogP contribution >= 0.6 is 0 Å². The molecule has 0 aliphatic carbocycles. The Morgan fingerprint density at radius 3 is 2.18 bits per heavy atom. The number of aliphatic hydroxyl groups excluding tert-OH is 1. The summed E-state index contributed by atoms with van der Waals surface area (Å²) in [5.41, 5.74) is 5.06. The number of nitrogens with one attached hydrogen (secondary N) is 4. The van der Waals surface area contributed by atoms with Crippen molar-refractivity contribution in [3.63, 3.8) is 0 Å². The normalized spacial score (nSPS) is 15.2. The molecule has 7 N–H and O–H groups in total. The lowest BCUT2D eigenvalue weighted by Gasteiger charge is -2.26. The first kappa shape index (κ1) is 32.6. The van der Waals surface area contributed by atoms with Gasteiger partial charge in [-0.2, -0.15) is 0 Å². The molecule has 0 aromatic rings. The van der Waals surface area contributed by atoms with Crippen molar-refractivity contribution in [1.82, 2.24) is 26.2 Å². The summed E-state index contributed by atoms with van der Waals surface area (Å²) in [5.74, 6) is -2.26. The third-order valence-corrected chi connectivity index (χ3v) is 6.11. The predicted molar refractivity (Wildman–Crippen MR) is 142 cm³/mol. The average Bonchev–Trinajstić information content (AvgIpc) is 3.18. The molecule has 1 aliphatic heterocycles. The average molecular weight is 536 g/mol. The summed E-state index contributed by atoms with van der Waals surface area (Å²) < 4.78 is 0. The lowest BCUT2D eigenvalue weighted by molar-refractivity contribution is -0.137. The van der Waals surface area contributed by atoms with E-state index in [-0.39, 0.29) is 56.2 Å². The van der Waals surface area contributed by atoms with E-state index in [2.05, 4.69) is 21.3 Å².